The van der Waals surface area contributed by atoms with Crippen LogP contribution in [0, 0.1) is 10.7 Å². The molecule has 0 aliphatic heterocycles. The predicted octanol–water partition coefficient (Wildman–Crippen LogP) is 3.30. The number of aromatic nitrogens is 2. The smallest absolute Gasteiger partial charge is 0.116 e. The summed E-state index contributed by atoms with van der Waals surface area (Å²) in [6.07, 6.45) is 3.30. The van der Waals surface area contributed by atoms with Crippen LogP contribution >= 0.6 is 32.9 Å². The third-order valence-corrected chi connectivity index (χ3v) is 5.01. The molecule has 13 heavy (non-hydrogen) atoms. The first-order valence-electron chi connectivity index (χ1n) is 3.65. The van der Waals surface area contributed by atoms with Crippen molar-refractivity contribution in [1.82, 2.24) is 9.97 Å². The Bertz CT molecular complexity index is 458. The second-order valence-corrected chi connectivity index (χ2v) is 5.32. The standard InChI is InChI=1S/C8H6N2S3/c1-5-7(12-13-8(5)11)6-2-3-9-4-10-6/h2-4H,1H3. The van der Waals surface area contributed by atoms with Crippen molar-refractivity contribution in [2.45, 2.75) is 6.92 Å². The summed E-state index contributed by atoms with van der Waals surface area (Å²) in [5, 5.41) is 0. The largest absolute Gasteiger partial charge is 0.245 e. The van der Waals surface area contributed by atoms with Crippen LogP contribution in [0.5, 0.6) is 0 Å². The minimum atomic E-state index is 0.957. The van der Waals surface area contributed by atoms with E-state index in [0.29, 0.717) is 0 Å². The number of hydrogen-bond donors (Lipinski definition) is 0. The topological polar surface area (TPSA) is 25.8 Å². The molecule has 0 atom stereocenters. The van der Waals surface area contributed by atoms with E-state index in [9.17, 15) is 0 Å². The van der Waals surface area contributed by atoms with Crippen molar-refractivity contribution in [3.8, 4) is 10.6 Å². The molecule has 0 aliphatic carbocycles. The molecule has 0 spiro atoms. The van der Waals surface area contributed by atoms with Gasteiger partial charge in [0.2, 0.25) is 0 Å². The van der Waals surface area contributed by atoms with E-state index in [1.54, 1.807) is 33.2 Å². The molecule has 66 valence electrons. The molecule has 0 N–H and O–H groups in total. The van der Waals surface area contributed by atoms with Crippen LogP contribution < -0.4 is 0 Å². The highest BCUT2D eigenvalue weighted by Gasteiger charge is 2.06. The van der Waals surface area contributed by atoms with Crippen molar-refractivity contribution in [2.75, 3.05) is 0 Å². The molecule has 2 rings (SSSR count). The maximum atomic E-state index is 5.16. The molecule has 5 heteroatoms. The van der Waals surface area contributed by atoms with Crippen molar-refractivity contribution in [2.24, 2.45) is 0 Å². The van der Waals surface area contributed by atoms with Gasteiger partial charge >= 0.3 is 0 Å². The summed E-state index contributed by atoms with van der Waals surface area (Å²) >= 11 is 5.16. The average molecular weight is 226 g/mol. The molecule has 0 saturated heterocycles. The van der Waals surface area contributed by atoms with Crippen LogP contribution in [0.4, 0.5) is 0 Å². The molecule has 2 heterocycles. The van der Waals surface area contributed by atoms with Gasteiger partial charge in [-0.2, -0.15) is 0 Å². The fraction of sp³-hybridized carbons (Fsp3) is 0.125. The summed E-state index contributed by atoms with van der Waals surface area (Å²) in [4.78, 5) is 9.23. The summed E-state index contributed by atoms with van der Waals surface area (Å²) in [7, 11) is 3.30. The van der Waals surface area contributed by atoms with Crippen LogP contribution in [0.25, 0.3) is 10.6 Å². The number of nitrogens with zero attached hydrogens (tertiary/aromatic N) is 2. The van der Waals surface area contributed by atoms with Gasteiger partial charge in [0, 0.05) is 6.20 Å². The van der Waals surface area contributed by atoms with E-state index in [2.05, 4.69) is 9.97 Å². The molecule has 0 aromatic carbocycles. The maximum Gasteiger partial charge on any atom is 0.116 e. The minimum Gasteiger partial charge on any atom is -0.245 e. The Morgan fingerprint density at radius 3 is 2.77 bits per heavy atom. The Hall–Kier alpha value is -0.650. The molecule has 0 radical (unpaired) electrons. The van der Waals surface area contributed by atoms with E-state index < -0.39 is 0 Å². The van der Waals surface area contributed by atoms with E-state index in [4.69, 9.17) is 12.2 Å². The Kier molecular flexibility index (Phi) is 2.48. The van der Waals surface area contributed by atoms with Gasteiger partial charge in [-0.3, -0.25) is 0 Å². The minimum absolute atomic E-state index is 0.957. The van der Waals surface area contributed by atoms with Gasteiger partial charge in [0.1, 0.15) is 10.2 Å². The predicted molar refractivity (Wildman–Crippen MR) is 58.8 cm³/mol. The van der Waals surface area contributed by atoms with Crippen molar-refractivity contribution in [1.29, 1.82) is 0 Å². The highest BCUT2D eigenvalue weighted by atomic mass is 32.9. The molecular weight excluding hydrogens is 220 g/mol. The van der Waals surface area contributed by atoms with E-state index in [1.807, 2.05) is 13.0 Å². The van der Waals surface area contributed by atoms with Gasteiger partial charge in [-0.05, 0) is 18.6 Å². The summed E-state index contributed by atoms with van der Waals surface area (Å²) in [6.45, 7) is 2.03. The van der Waals surface area contributed by atoms with Crippen LogP contribution in [-0.2, 0) is 0 Å². The van der Waals surface area contributed by atoms with Gasteiger partial charge in [0.05, 0.1) is 10.6 Å². The van der Waals surface area contributed by atoms with Gasteiger partial charge in [-0.15, -0.1) is 0 Å². The summed E-state index contributed by atoms with van der Waals surface area (Å²) < 4.78 is 0.957. The lowest BCUT2D eigenvalue weighted by Gasteiger charge is -1.94. The normalized spacial score (nSPS) is 10.2. The van der Waals surface area contributed by atoms with Gasteiger partial charge in [0.15, 0.2) is 0 Å². The van der Waals surface area contributed by atoms with Crippen LogP contribution in [0.1, 0.15) is 5.56 Å². The first-order chi connectivity index (χ1) is 6.29. The quantitative estimate of drug-likeness (QED) is 0.551. The second-order valence-electron chi connectivity index (χ2n) is 2.50. The molecule has 0 unspecified atom stereocenters. The van der Waals surface area contributed by atoms with Crippen molar-refractivity contribution in [3.63, 3.8) is 0 Å². The van der Waals surface area contributed by atoms with E-state index >= 15 is 0 Å². The zero-order chi connectivity index (χ0) is 9.26. The fourth-order valence-electron chi connectivity index (χ4n) is 0.957. The second kappa shape index (κ2) is 3.61. The zero-order valence-electron chi connectivity index (χ0n) is 6.85. The number of hydrogen-bond acceptors (Lipinski definition) is 5. The monoisotopic (exact) mass is 226 g/mol. The molecule has 0 bridgehead atoms. The Morgan fingerprint density at radius 1 is 1.38 bits per heavy atom. The molecule has 2 aromatic heterocycles. The van der Waals surface area contributed by atoms with Gasteiger partial charge < -0.3 is 0 Å². The Balaban J connectivity index is 2.60. The van der Waals surface area contributed by atoms with Crippen LogP contribution in [0.3, 0.4) is 0 Å². The molecule has 0 aliphatic rings. The first kappa shape index (κ1) is 8.93. The third-order valence-electron chi connectivity index (χ3n) is 1.66. The third kappa shape index (κ3) is 1.67. The highest BCUT2D eigenvalue weighted by molar-refractivity contribution is 7.80. The maximum absolute atomic E-state index is 5.16. The summed E-state index contributed by atoms with van der Waals surface area (Å²) in [6, 6.07) is 1.90. The molecule has 2 aromatic rings. The van der Waals surface area contributed by atoms with Crippen molar-refractivity contribution < 1.29 is 0 Å². The highest BCUT2D eigenvalue weighted by Crippen LogP contribution is 2.32. The summed E-state index contributed by atoms with van der Waals surface area (Å²) in [5.74, 6) is 0. The molecule has 0 fully saturated rings. The van der Waals surface area contributed by atoms with Gasteiger partial charge in [-0.25, -0.2) is 9.97 Å². The molecule has 0 saturated carbocycles. The summed E-state index contributed by atoms with van der Waals surface area (Å²) in [5.41, 5.74) is 2.12. The molecular formula is C8H6N2S3. The van der Waals surface area contributed by atoms with E-state index in [1.165, 1.54) is 0 Å². The number of rotatable bonds is 1. The van der Waals surface area contributed by atoms with Crippen molar-refractivity contribution in [3.05, 3.63) is 28.0 Å². The fourth-order valence-corrected chi connectivity index (χ4v) is 3.80. The Labute approximate surface area is 88.3 Å². The molecule has 0 amide bonds. The van der Waals surface area contributed by atoms with Crippen LogP contribution in [0.15, 0.2) is 18.6 Å². The van der Waals surface area contributed by atoms with Gasteiger partial charge in [0.25, 0.3) is 0 Å². The molecule has 2 nitrogen and oxygen atoms in total. The van der Waals surface area contributed by atoms with Crippen LogP contribution in [-0.4, -0.2) is 9.97 Å². The van der Waals surface area contributed by atoms with E-state index in [-0.39, 0.29) is 0 Å². The zero-order valence-corrected chi connectivity index (χ0v) is 9.30. The lowest BCUT2D eigenvalue weighted by atomic mass is 10.2. The first-order valence-corrected chi connectivity index (χ1v) is 6.21. The van der Waals surface area contributed by atoms with E-state index in [0.717, 1.165) is 20.0 Å². The lowest BCUT2D eigenvalue weighted by molar-refractivity contribution is 1.17. The average Bonchev–Trinajstić information content (AvgIpc) is 2.49. The Morgan fingerprint density at radius 2 is 2.23 bits per heavy atom. The van der Waals surface area contributed by atoms with Crippen molar-refractivity contribution >= 4 is 32.9 Å². The van der Waals surface area contributed by atoms with Crippen LogP contribution in [0.2, 0.25) is 0 Å². The van der Waals surface area contributed by atoms with Gasteiger partial charge in [-0.1, -0.05) is 32.9 Å². The lowest BCUT2D eigenvalue weighted by Crippen LogP contribution is -1.82. The SMILES string of the molecule is Cc1c(-c2ccncn2)ssc1=S.